The largest absolute Gasteiger partial charge is 0.346 e. The van der Waals surface area contributed by atoms with Gasteiger partial charge < -0.3 is 4.90 Å². The van der Waals surface area contributed by atoms with E-state index in [9.17, 15) is 4.79 Å². The van der Waals surface area contributed by atoms with E-state index >= 15 is 0 Å². The molecule has 0 atom stereocenters. The molecule has 0 aliphatic carbocycles. The van der Waals surface area contributed by atoms with Crippen molar-refractivity contribution in [3.8, 4) is 0 Å². The Morgan fingerprint density at radius 1 is 1.40 bits per heavy atom. The Hall–Kier alpha value is -1.38. The molecule has 15 heavy (non-hydrogen) atoms. The van der Waals surface area contributed by atoms with Crippen LogP contribution in [0.3, 0.4) is 0 Å². The lowest BCUT2D eigenvalue weighted by atomic mass is 10.1. The Morgan fingerprint density at radius 2 is 2.07 bits per heavy atom. The van der Waals surface area contributed by atoms with Crippen LogP contribution in [-0.2, 0) is 11.2 Å². The highest BCUT2D eigenvalue weighted by Crippen LogP contribution is 2.04. The number of pyridine rings is 1. The maximum absolute atomic E-state index is 11.5. The van der Waals surface area contributed by atoms with Crippen molar-refractivity contribution in [3.63, 3.8) is 0 Å². The van der Waals surface area contributed by atoms with Gasteiger partial charge in [0.15, 0.2) is 0 Å². The number of hydrogen-bond donors (Lipinski definition) is 0. The van der Waals surface area contributed by atoms with E-state index in [-0.39, 0.29) is 5.91 Å². The highest BCUT2D eigenvalue weighted by atomic mass is 16.2. The first-order chi connectivity index (χ1) is 7.24. The number of carbonyl (C=O) groups is 1. The summed E-state index contributed by atoms with van der Waals surface area (Å²) in [5.74, 6) is 0.228. The fourth-order valence-corrected chi connectivity index (χ4v) is 1.36. The summed E-state index contributed by atoms with van der Waals surface area (Å²) >= 11 is 0. The highest BCUT2D eigenvalue weighted by molar-refractivity contribution is 5.75. The van der Waals surface area contributed by atoms with Gasteiger partial charge in [-0.25, -0.2) is 0 Å². The van der Waals surface area contributed by atoms with Crippen molar-refractivity contribution in [1.29, 1.82) is 0 Å². The van der Waals surface area contributed by atoms with Crippen molar-refractivity contribution < 1.29 is 4.79 Å². The molecule has 1 heterocycles. The molecule has 0 saturated carbocycles. The first-order valence-electron chi connectivity index (χ1n) is 5.37. The van der Waals surface area contributed by atoms with Gasteiger partial charge in [-0.1, -0.05) is 0 Å². The molecule has 0 N–H and O–H groups in total. The fourth-order valence-electron chi connectivity index (χ4n) is 1.36. The van der Waals surface area contributed by atoms with Gasteiger partial charge in [0.05, 0.1) is 0 Å². The third kappa shape index (κ3) is 4.11. The normalized spacial score (nSPS) is 10.0. The quantitative estimate of drug-likeness (QED) is 0.737. The summed E-state index contributed by atoms with van der Waals surface area (Å²) in [5, 5.41) is 0. The standard InChI is InChI=1S/C12H18N2O/c1-3-14(2)12(15)6-4-5-11-7-9-13-10-8-11/h7-10H,3-6H2,1-2H3. The van der Waals surface area contributed by atoms with E-state index in [2.05, 4.69) is 4.98 Å². The van der Waals surface area contributed by atoms with Gasteiger partial charge in [0.25, 0.3) is 0 Å². The minimum atomic E-state index is 0.228. The molecule has 1 rings (SSSR count). The third-order valence-electron chi connectivity index (χ3n) is 2.51. The molecule has 1 aromatic heterocycles. The van der Waals surface area contributed by atoms with E-state index in [0.29, 0.717) is 6.42 Å². The summed E-state index contributed by atoms with van der Waals surface area (Å²) in [6.45, 7) is 2.77. The molecule has 0 aliphatic heterocycles. The molecule has 82 valence electrons. The monoisotopic (exact) mass is 206 g/mol. The number of amides is 1. The van der Waals surface area contributed by atoms with Gasteiger partial charge in [-0.3, -0.25) is 9.78 Å². The number of nitrogens with zero attached hydrogens (tertiary/aromatic N) is 2. The molecule has 0 aromatic carbocycles. The molecule has 0 aliphatic rings. The summed E-state index contributed by atoms with van der Waals surface area (Å²) in [7, 11) is 1.84. The van der Waals surface area contributed by atoms with Gasteiger partial charge in [-0.2, -0.15) is 0 Å². The van der Waals surface area contributed by atoms with E-state index in [1.807, 2.05) is 26.1 Å². The van der Waals surface area contributed by atoms with Crippen LogP contribution in [0.5, 0.6) is 0 Å². The van der Waals surface area contributed by atoms with Crippen molar-refractivity contribution in [1.82, 2.24) is 9.88 Å². The van der Waals surface area contributed by atoms with Crippen molar-refractivity contribution in [3.05, 3.63) is 30.1 Å². The average molecular weight is 206 g/mol. The zero-order valence-corrected chi connectivity index (χ0v) is 9.44. The predicted molar refractivity (Wildman–Crippen MR) is 60.5 cm³/mol. The molecular formula is C12H18N2O. The summed E-state index contributed by atoms with van der Waals surface area (Å²) in [6.07, 6.45) is 6.07. The van der Waals surface area contributed by atoms with Gasteiger partial charge in [-0.05, 0) is 37.5 Å². The zero-order valence-electron chi connectivity index (χ0n) is 9.44. The molecule has 0 spiro atoms. The van der Waals surface area contributed by atoms with E-state index in [1.165, 1.54) is 5.56 Å². The second kappa shape index (κ2) is 6.17. The van der Waals surface area contributed by atoms with Crippen LogP contribution in [-0.4, -0.2) is 29.4 Å². The van der Waals surface area contributed by atoms with Crippen LogP contribution in [0.15, 0.2) is 24.5 Å². The van der Waals surface area contributed by atoms with Crippen LogP contribution in [0.2, 0.25) is 0 Å². The van der Waals surface area contributed by atoms with Crippen LogP contribution >= 0.6 is 0 Å². The summed E-state index contributed by atoms with van der Waals surface area (Å²) in [6, 6.07) is 3.99. The Morgan fingerprint density at radius 3 is 2.67 bits per heavy atom. The second-order valence-electron chi connectivity index (χ2n) is 3.62. The Bertz CT molecular complexity index is 298. The molecular weight excluding hydrogens is 188 g/mol. The average Bonchev–Trinajstić information content (AvgIpc) is 2.29. The van der Waals surface area contributed by atoms with Crippen molar-refractivity contribution >= 4 is 5.91 Å². The van der Waals surface area contributed by atoms with E-state index in [4.69, 9.17) is 0 Å². The first-order valence-corrected chi connectivity index (χ1v) is 5.37. The van der Waals surface area contributed by atoms with Gasteiger partial charge in [-0.15, -0.1) is 0 Å². The van der Waals surface area contributed by atoms with E-state index < -0.39 is 0 Å². The summed E-state index contributed by atoms with van der Waals surface area (Å²) < 4.78 is 0. The topological polar surface area (TPSA) is 33.2 Å². The van der Waals surface area contributed by atoms with Crippen LogP contribution in [0.25, 0.3) is 0 Å². The smallest absolute Gasteiger partial charge is 0.222 e. The summed E-state index contributed by atoms with van der Waals surface area (Å²) in [5.41, 5.74) is 1.25. The maximum atomic E-state index is 11.5. The minimum absolute atomic E-state index is 0.228. The molecule has 3 heteroatoms. The lowest BCUT2D eigenvalue weighted by Gasteiger charge is -2.13. The van der Waals surface area contributed by atoms with Crippen molar-refractivity contribution in [2.24, 2.45) is 0 Å². The molecule has 0 saturated heterocycles. The number of carbonyl (C=O) groups excluding carboxylic acids is 1. The number of aryl methyl sites for hydroxylation is 1. The Balaban J connectivity index is 2.25. The molecule has 1 amide bonds. The van der Waals surface area contributed by atoms with Crippen molar-refractivity contribution in [2.45, 2.75) is 26.2 Å². The van der Waals surface area contributed by atoms with Crippen molar-refractivity contribution in [2.75, 3.05) is 13.6 Å². The van der Waals surface area contributed by atoms with Gasteiger partial charge in [0, 0.05) is 32.4 Å². The van der Waals surface area contributed by atoms with Crippen LogP contribution in [0.4, 0.5) is 0 Å². The molecule has 0 bridgehead atoms. The summed E-state index contributed by atoms with van der Waals surface area (Å²) in [4.78, 5) is 17.2. The van der Waals surface area contributed by atoms with Crippen LogP contribution in [0, 0.1) is 0 Å². The van der Waals surface area contributed by atoms with Gasteiger partial charge >= 0.3 is 0 Å². The highest BCUT2D eigenvalue weighted by Gasteiger charge is 2.05. The Labute approximate surface area is 91.1 Å². The molecule has 3 nitrogen and oxygen atoms in total. The van der Waals surface area contributed by atoms with E-state index in [0.717, 1.165) is 19.4 Å². The molecule has 0 unspecified atom stereocenters. The predicted octanol–water partition coefficient (Wildman–Crippen LogP) is 1.88. The van der Waals surface area contributed by atoms with Crippen LogP contribution in [0.1, 0.15) is 25.3 Å². The molecule has 0 radical (unpaired) electrons. The van der Waals surface area contributed by atoms with Gasteiger partial charge in [0.2, 0.25) is 5.91 Å². The Kier molecular flexibility index (Phi) is 4.81. The van der Waals surface area contributed by atoms with Gasteiger partial charge in [0.1, 0.15) is 0 Å². The first kappa shape index (κ1) is 11.7. The SMILES string of the molecule is CCN(C)C(=O)CCCc1ccncc1. The fraction of sp³-hybridized carbons (Fsp3) is 0.500. The molecule has 0 fully saturated rings. The lowest BCUT2D eigenvalue weighted by Crippen LogP contribution is -2.25. The number of rotatable bonds is 5. The van der Waals surface area contributed by atoms with E-state index in [1.54, 1.807) is 17.3 Å². The lowest BCUT2D eigenvalue weighted by molar-refractivity contribution is -0.129. The minimum Gasteiger partial charge on any atom is -0.346 e. The number of aromatic nitrogens is 1. The van der Waals surface area contributed by atoms with Crippen LogP contribution < -0.4 is 0 Å². The molecule has 1 aromatic rings. The maximum Gasteiger partial charge on any atom is 0.222 e. The third-order valence-corrected chi connectivity index (χ3v) is 2.51. The number of hydrogen-bond acceptors (Lipinski definition) is 2. The zero-order chi connectivity index (χ0) is 11.1. The second-order valence-corrected chi connectivity index (χ2v) is 3.62.